The summed E-state index contributed by atoms with van der Waals surface area (Å²) in [5.74, 6) is 0.830. The molecule has 1 aromatic heterocycles. The molecule has 3 nitrogen and oxygen atoms in total. The summed E-state index contributed by atoms with van der Waals surface area (Å²) in [6, 6.07) is 5.98. The summed E-state index contributed by atoms with van der Waals surface area (Å²) in [5.41, 5.74) is 2.92. The van der Waals surface area contributed by atoms with Crippen LogP contribution in [0.15, 0.2) is 23.6 Å². The fraction of sp³-hybridized carbons (Fsp3) is 0.231. The Kier molecular flexibility index (Phi) is 3.54. The number of benzene rings is 1. The van der Waals surface area contributed by atoms with Crippen LogP contribution in [0.3, 0.4) is 0 Å². The number of aryl methyl sites for hydroxylation is 2. The van der Waals surface area contributed by atoms with Gasteiger partial charge in [-0.3, -0.25) is 4.79 Å². The minimum absolute atomic E-state index is 0.404. The van der Waals surface area contributed by atoms with Crippen molar-refractivity contribution in [1.29, 1.82) is 0 Å². The molecule has 17 heavy (non-hydrogen) atoms. The maximum Gasteiger partial charge on any atom is 0.169 e. The normalized spacial score (nSPS) is 10.2. The van der Waals surface area contributed by atoms with Crippen molar-refractivity contribution in [3.8, 4) is 5.75 Å². The van der Waals surface area contributed by atoms with Crippen molar-refractivity contribution in [2.24, 2.45) is 0 Å². The van der Waals surface area contributed by atoms with Crippen LogP contribution in [0.4, 0.5) is 0 Å². The van der Waals surface area contributed by atoms with Crippen LogP contribution in [0.2, 0.25) is 0 Å². The minimum Gasteiger partial charge on any atom is -0.486 e. The molecule has 0 N–H and O–H groups in total. The molecule has 0 fully saturated rings. The Bertz CT molecular complexity index is 534. The number of rotatable bonds is 4. The van der Waals surface area contributed by atoms with E-state index in [0.717, 1.165) is 17.0 Å². The number of thiazole rings is 1. The van der Waals surface area contributed by atoms with E-state index in [1.54, 1.807) is 5.38 Å². The molecular weight excluding hydrogens is 234 g/mol. The zero-order valence-corrected chi connectivity index (χ0v) is 10.6. The summed E-state index contributed by atoms with van der Waals surface area (Å²) in [5, 5.41) is 2.54. The number of aromatic nitrogens is 1. The summed E-state index contributed by atoms with van der Waals surface area (Å²) in [6.45, 7) is 4.52. The first kappa shape index (κ1) is 11.8. The number of nitrogens with zero attached hydrogens (tertiary/aromatic N) is 1. The van der Waals surface area contributed by atoms with Crippen molar-refractivity contribution < 1.29 is 9.53 Å². The molecule has 0 saturated heterocycles. The summed E-state index contributed by atoms with van der Waals surface area (Å²) in [6.07, 6.45) is 0.746. The Labute approximate surface area is 104 Å². The predicted molar refractivity (Wildman–Crippen MR) is 67.7 cm³/mol. The Hall–Kier alpha value is -1.68. The lowest BCUT2D eigenvalue weighted by molar-refractivity contribution is 0.111. The zero-order valence-electron chi connectivity index (χ0n) is 9.77. The van der Waals surface area contributed by atoms with E-state index in [-0.39, 0.29) is 0 Å². The van der Waals surface area contributed by atoms with Gasteiger partial charge in [-0.05, 0) is 37.1 Å². The molecule has 0 aliphatic carbocycles. The summed E-state index contributed by atoms with van der Waals surface area (Å²) >= 11 is 1.43. The maximum absolute atomic E-state index is 10.5. The van der Waals surface area contributed by atoms with Crippen LogP contribution in [0.1, 0.15) is 26.6 Å². The molecule has 0 saturated carbocycles. The molecule has 0 spiro atoms. The van der Waals surface area contributed by atoms with Gasteiger partial charge in [0.05, 0.1) is 0 Å². The molecule has 2 aromatic rings. The lowest BCUT2D eigenvalue weighted by Gasteiger charge is -2.06. The Morgan fingerprint density at radius 3 is 2.82 bits per heavy atom. The first-order chi connectivity index (χ1) is 8.19. The lowest BCUT2D eigenvalue weighted by atomic mass is 10.1. The van der Waals surface area contributed by atoms with Crippen LogP contribution in [-0.2, 0) is 6.61 Å². The van der Waals surface area contributed by atoms with Crippen LogP contribution >= 0.6 is 11.3 Å². The van der Waals surface area contributed by atoms with Gasteiger partial charge in [-0.1, -0.05) is 6.07 Å². The number of hydrogen-bond acceptors (Lipinski definition) is 4. The van der Waals surface area contributed by atoms with E-state index in [1.807, 2.05) is 18.2 Å². The highest BCUT2D eigenvalue weighted by Gasteiger charge is 2.02. The summed E-state index contributed by atoms with van der Waals surface area (Å²) in [4.78, 5) is 14.6. The first-order valence-electron chi connectivity index (χ1n) is 5.28. The second-order valence-corrected chi connectivity index (χ2v) is 4.76. The highest BCUT2D eigenvalue weighted by atomic mass is 32.1. The molecule has 4 heteroatoms. The third kappa shape index (κ3) is 2.91. The number of carbonyl (C=O) groups is 1. The second-order valence-electron chi connectivity index (χ2n) is 3.82. The quantitative estimate of drug-likeness (QED) is 0.779. The van der Waals surface area contributed by atoms with Gasteiger partial charge in [0, 0.05) is 5.38 Å². The highest BCUT2D eigenvalue weighted by Crippen LogP contribution is 2.18. The molecule has 0 aliphatic heterocycles. The fourth-order valence-corrected chi connectivity index (χ4v) is 2.04. The minimum atomic E-state index is 0.404. The van der Waals surface area contributed by atoms with Crippen LogP contribution in [0.25, 0.3) is 0 Å². The van der Waals surface area contributed by atoms with Crippen molar-refractivity contribution in [2.75, 3.05) is 0 Å². The van der Waals surface area contributed by atoms with Crippen molar-refractivity contribution in [2.45, 2.75) is 20.5 Å². The van der Waals surface area contributed by atoms with Crippen LogP contribution < -0.4 is 4.74 Å². The zero-order chi connectivity index (χ0) is 12.3. The van der Waals surface area contributed by atoms with Gasteiger partial charge in [0.25, 0.3) is 0 Å². The van der Waals surface area contributed by atoms with Gasteiger partial charge in [-0.2, -0.15) is 0 Å². The fourth-order valence-electron chi connectivity index (χ4n) is 1.39. The average molecular weight is 247 g/mol. The highest BCUT2D eigenvalue weighted by molar-refractivity contribution is 7.09. The topological polar surface area (TPSA) is 39.2 Å². The molecule has 0 bridgehead atoms. The molecule has 2 rings (SSSR count). The molecule has 0 atom stereocenters. The molecule has 1 heterocycles. The molecule has 1 aromatic carbocycles. The Morgan fingerprint density at radius 1 is 1.35 bits per heavy atom. The third-order valence-corrected chi connectivity index (χ3v) is 3.37. The molecule has 0 amide bonds. The number of aldehydes is 1. The lowest BCUT2D eigenvalue weighted by Crippen LogP contribution is -1.96. The standard InChI is InChI=1S/C13H13NO2S/c1-9-3-4-12(5-10(9)2)16-7-13-14-11(6-15)8-17-13/h3-6,8H,7H2,1-2H3. The molecule has 88 valence electrons. The van der Waals surface area contributed by atoms with Crippen molar-refractivity contribution in [3.05, 3.63) is 45.4 Å². The Morgan fingerprint density at radius 2 is 2.18 bits per heavy atom. The molecule has 0 aliphatic rings. The van der Waals surface area contributed by atoms with Gasteiger partial charge >= 0.3 is 0 Å². The summed E-state index contributed by atoms with van der Waals surface area (Å²) in [7, 11) is 0. The average Bonchev–Trinajstić information content (AvgIpc) is 2.79. The predicted octanol–water partition coefficient (Wildman–Crippen LogP) is 3.15. The summed E-state index contributed by atoms with van der Waals surface area (Å²) < 4.78 is 5.62. The largest absolute Gasteiger partial charge is 0.486 e. The number of hydrogen-bond donors (Lipinski definition) is 0. The van der Waals surface area contributed by atoms with E-state index in [4.69, 9.17) is 4.74 Å². The van der Waals surface area contributed by atoms with Crippen LogP contribution in [-0.4, -0.2) is 11.3 Å². The molecular formula is C13H13NO2S. The second kappa shape index (κ2) is 5.10. The van der Waals surface area contributed by atoms with Gasteiger partial charge in [0.1, 0.15) is 23.1 Å². The van der Waals surface area contributed by atoms with Crippen molar-refractivity contribution in [1.82, 2.24) is 4.98 Å². The van der Waals surface area contributed by atoms with E-state index in [2.05, 4.69) is 18.8 Å². The monoisotopic (exact) mass is 247 g/mol. The smallest absolute Gasteiger partial charge is 0.169 e. The van der Waals surface area contributed by atoms with E-state index in [1.165, 1.54) is 22.5 Å². The van der Waals surface area contributed by atoms with Gasteiger partial charge < -0.3 is 4.74 Å². The van der Waals surface area contributed by atoms with Gasteiger partial charge in [-0.25, -0.2) is 4.98 Å². The van der Waals surface area contributed by atoms with E-state index in [9.17, 15) is 4.79 Å². The van der Waals surface area contributed by atoms with Crippen LogP contribution in [0, 0.1) is 13.8 Å². The van der Waals surface area contributed by atoms with E-state index >= 15 is 0 Å². The van der Waals surface area contributed by atoms with Crippen molar-refractivity contribution in [3.63, 3.8) is 0 Å². The number of ether oxygens (including phenoxy) is 1. The SMILES string of the molecule is Cc1ccc(OCc2nc(C=O)cs2)cc1C. The van der Waals surface area contributed by atoms with E-state index < -0.39 is 0 Å². The number of carbonyl (C=O) groups excluding carboxylic acids is 1. The van der Waals surface area contributed by atoms with Gasteiger partial charge in [0.2, 0.25) is 0 Å². The molecule has 0 unspecified atom stereocenters. The van der Waals surface area contributed by atoms with Gasteiger partial charge in [0.15, 0.2) is 6.29 Å². The third-order valence-electron chi connectivity index (χ3n) is 2.53. The van der Waals surface area contributed by atoms with Gasteiger partial charge in [-0.15, -0.1) is 11.3 Å². The van der Waals surface area contributed by atoms with Crippen molar-refractivity contribution >= 4 is 17.6 Å². The maximum atomic E-state index is 10.5. The first-order valence-corrected chi connectivity index (χ1v) is 6.16. The van der Waals surface area contributed by atoms with E-state index in [0.29, 0.717) is 12.3 Å². The van der Waals surface area contributed by atoms with Crippen LogP contribution in [0.5, 0.6) is 5.75 Å². The Balaban J connectivity index is 2.01. The molecule has 0 radical (unpaired) electrons.